The maximum atomic E-state index is 11.5. The van der Waals surface area contributed by atoms with Crippen molar-refractivity contribution in [3.8, 4) is 39.0 Å². The second-order valence-electron chi connectivity index (χ2n) is 8.13. The fraction of sp³-hybridized carbons (Fsp3) is 0.115. The molecule has 38 heavy (non-hydrogen) atoms. The third kappa shape index (κ3) is 5.51. The Labute approximate surface area is 236 Å². The number of thiophene rings is 5. The standard InChI is InChI=1S/C26H18O7S5/c27-11-14-1-2-17(34-14)24-12(9-22(28)29)7-20(37-24)15-3-4-16(35-15)21-8-13(10-23(30)31)25(38-21)18-5-6-19(36-18)26(32)33/h1-8,27H,9-11H2,(H,28,29)(H,30,31)(H,32,33). The Hall–Kier alpha value is -3.13. The molecule has 0 atom stereocenters. The van der Waals surface area contributed by atoms with Crippen molar-refractivity contribution < 1.29 is 34.8 Å². The Morgan fingerprint density at radius 3 is 1.53 bits per heavy atom. The summed E-state index contributed by atoms with van der Waals surface area (Å²) in [4.78, 5) is 42.3. The van der Waals surface area contributed by atoms with Crippen LogP contribution < -0.4 is 0 Å². The first-order valence-corrected chi connectivity index (χ1v) is 15.1. The van der Waals surface area contributed by atoms with E-state index in [4.69, 9.17) is 0 Å². The zero-order valence-corrected chi connectivity index (χ0v) is 23.4. The van der Waals surface area contributed by atoms with Gasteiger partial charge in [0.05, 0.1) is 19.4 Å². The van der Waals surface area contributed by atoms with Gasteiger partial charge in [-0.3, -0.25) is 9.59 Å². The van der Waals surface area contributed by atoms with Gasteiger partial charge >= 0.3 is 17.9 Å². The Morgan fingerprint density at radius 1 is 0.579 bits per heavy atom. The number of aliphatic hydroxyl groups excluding tert-OH is 1. The molecule has 7 nitrogen and oxygen atoms in total. The molecule has 12 heteroatoms. The summed E-state index contributed by atoms with van der Waals surface area (Å²) in [7, 11) is 0. The molecule has 0 spiro atoms. The zero-order valence-electron chi connectivity index (χ0n) is 19.3. The lowest BCUT2D eigenvalue weighted by atomic mass is 10.1. The molecule has 0 saturated carbocycles. The molecule has 0 fully saturated rings. The molecule has 0 amide bonds. The fourth-order valence-electron chi connectivity index (χ4n) is 3.87. The Morgan fingerprint density at radius 2 is 1.08 bits per heavy atom. The Bertz CT molecular complexity index is 1660. The number of hydrogen-bond donors (Lipinski definition) is 4. The maximum absolute atomic E-state index is 11.5. The molecular weight excluding hydrogens is 585 g/mol. The SMILES string of the molecule is O=C(O)Cc1cc(-c2ccc(-c3cc(CC(=O)O)c(-c4ccc(C(=O)O)s4)s3)s2)sc1-c1ccc(CO)s1. The number of carbonyl (C=O) groups is 3. The summed E-state index contributed by atoms with van der Waals surface area (Å²) < 4.78 is 0. The topological polar surface area (TPSA) is 132 Å². The molecule has 5 aromatic rings. The van der Waals surface area contributed by atoms with Crippen molar-refractivity contribution in [3.63, 3.8) is 0 Å². The van der Waals surface area contributed by atoms with E-state index < -0.39 is 17.9 Å². The average Bonchev–Trinajstić information content (AvgIpc) is 3.67. The third-order valence-corrected chi connectivity index (χ3v) is 11.8. The zero-order chi connectivity index (χ0) is 27.0. The van der Waals surface area contributed by atoms with Crippen LogP contribution in [0.4, 0.5) is 0 Å². The first-order chi connectivity index (χ1) is 18.2. The molecule has 5 aromatic heterocycles. The minimum absolute atomic E-state index is 0.0682. The minimum Gasteiger partial charge on any atom is -0.481 e. The van der Waals surface area contributed by atoms with Gasteiger partial charge in [0.25, 0.3) is 0 Å². The van der Waals surface area contributed by atoms with Gasteiger partial charge in [0.15, 0.2) is 0 Å². The number of aliphatic hydroxyl groups is 1. The molecule has 0 aromatic carbocycles. The molecular formula is C26H18O7S5. The first-order valence-electron chi connectivity index (χ1n) is 11.0. The van der Waals surface area contributed by atoms with Crippen LogP contribution in [0.25, 0.3) is 39.0 Å². The van der Waals surface area contributed by atoms with E-state index >= 15 is 0 Å². The van der Waals surface area contributed by atoms with E-state index in [0.717, 1.165) is 50.4 Å². The van der Waals surface area contributed by atoms with Crippen molar-refractivity contribution >= 4 is 74.6 Å². The van der Waals surface area contributed by atoms with Crippen LogP contribution in [-0.2, 0) is 29.0 Å². The molecule has 5 rings (SSSR count). The van der Waals surface area contributed by atoms with Gasteiger partial charge in [-0.1, -0.05) is 0 Å². The predicted octanol–water partition coefficient (Wildman–Crippen LogP) is 7.11. The van der Waals surface area contributed by atoms with Crippen molar-refractivity contribution in [3.05, 3.63) is 69.4 Å². The fourth-order valence-corrected chi connectivity index (χ4v) is 9.40. The summed E-state index contributed by atoms with van der Waals surface area (Å²) in [6.45, 7) is -0.0682. The molecule has 4 N–H and O–H groups in total. The van der Waals surface area contributed by atoms with Gasteiger partial charge in [-0.15, -0.1) is 56.7 Å². The lowest BCUT2D eigenvalue weighted by Crippen LogP contribution is -1.99. The van der Waals surface area contributed by atoms with Crippen molar-refractivity contribution in [1.29, 1.82) is 0 Å². The normalized spacial score (nSPS) is 11.2. The summed E-state index contributed by atoms with van der Waals surface area (Å²) in [6, 6.07) is 14.6. The van der Waals surface area contributed by atoms with Crippen molar-refractivity contribution in [2.24, 2.45) is 0 Å². The van der Waals surface area contributed by atoms with Gasteiger partial charge in [0.2, 0.25) is 0 Å². The van der Waals surface area contributed by atoms with E-state index in [2.05, 4.69) is 0 Å². The van der Waals surface area contributed by atoms with Crippen LogP contribution in [0.1, 0.15) is 25.7 Å². The van der Waals surface area contributed by atoms with E-state index in [1.165, 1.54) is 51.4 Å². The number of rotatable bonds is 10. The molecule has 0 aliphatic heterocycles. The average molecular weight is 603 g/mol. The number of carboxylic acid groups (broad SMARTS) is 3. The van der Waals surface area contributed by atoms with Gasteiger partial charge in [-0.25, -0.2) is 4.79 Å². The second kappa shape index (κ2) is 10.9. The van der Waals surface area contributed by atoms with E-state index in [-0.39, 0.29) is 24.3 Å². The lowest BCUT2D eigenvalue weighted by Gasteiger charge is -1.97. The summed E-state index contributed by atoms with van der Waals surface area (Å²) in [6.07, 6.45) is -0.282. The molecule has 0 unspecified atom stereocenters. The quantitative estimate of drug-likeness (QED) is 0.134. The molecule has 0 aliphatic carbocycles. The Kier molecular flexibility index (Phi) is 7.61. The molecule has 0 saturated heterocycles. The second-order valence-corrected chi connectivity index (χ2v) is 13.6. The summed E-state index contributed by atoms with van der Waals surface area (Å²) >= 11 is 7.02. The predicted molar refractivity (Wildman–Crippen MR) is 153 cm³/mol. The highest BCUT2D eigenvalue weighted by atomic mass is 32.1. The van der Waals surface area contributed by atoms with Crippen LogP contribution in [0.2, 0.25) is 0 Å². The van der Waals surface area contributed by atoms with Crippen LogP contribution in [0.5, 0.6) is 0 Å². The van der Waals surface area contributed by atoms with Crippen LogP contribution >= 0.6 is 56.7 Å². The molecule has 0 aliphatic rings. The van der Waals surface area contributed by atoms with Crippen molar-refractivity contribution in [2.45, 2.75) is 19.4 Å². The minimum atomic E-state index is -1.02. The highest BCUT2D eigenvalue weighted by molar-refractivity contribution is 7.30. The lowest BCUT2D eigenvalue weighted by molar-refractivity contribution is -0.137. The molecule has 5 heterocycles. The van der Waals surface area contributed by atoms with Gasteiger partial charge in [0, 0.05) is 43.9 Å². The van der Waals surface area contributed by atoms with Gasteiger partial charge in [0.1, 0.15) is 4.88 Å². The van der Waals surface area contributed by atoms with Crippen molar-refractivity contribution in [1.82, 2.24) is 0 Å². The number of aliphatic carboxylic acids is 2. The summed E-state index contributed by atoms with van der Waals surface area (Å²) in [5, 5.41) is 37.6. The van der Waals surface area contributed by atoms with Crippen LogP contribution in [0, 0.1) is 0 Å². The van der Waals surface area contributed by atoms with E-state index in [0.29, 0.717) is 16.0 Å². The first kappa shape index (κ1) is 26.5. The van der Waals surface area contributed by atoms with Gasteiger partial charge in [-0.2, -0.15) is 0 Å². The number of hydrogen-bond acceptors (Lipinski definition) is 9. The smallest absolute Gasteiger partial charge is 0.345 e. The van der Waals surface area contributed by atoms with Crippen LogP contribution in [0.15, 0.2) is 48.5 Å². The Balaban J connectivity index is 1.51. The maximum Gasteiger partial charge on any atom is 0.345 e. The molecule has 0 bridgehead atoms. The number of carboxylic acids is 3. The van der Waals surface area contributed by atoms with Gasteiger partial charge < -0.3 is 20.4 Å². The monoisotopic (exact) mass is 602 g/mol. The van der Waals surface area contributed by atoms with E-state index in [1.807, 2.05) is 36.4 Å². The summed E-state index contributed by atoms with van der Waals surface area (Å²) in [5.74, 6) is -2.90. The van der Waals surface area contributed by atoms with E-state index in [9.17, 15) is 34.8 Å². The van der Waals surface area contributed by atoms with Crippen molar-refractivity contribution in [2.75, 3.05) is 0 Å². The largest absolute Gasteiger partial charge is 0.481 e. The summed E-state index contributed by atoms with van der Waals surface area (Å²) in [5.41, 5.74) is 1.35. The highest BCUT2D eigenvalue weighted by Gasteiger charge is 2.21. The van der Waals surface area contributed by atoms with Gasteiger partial charge in [-0.05, 0) is 59.7 Å². The van der Waals surface area contributed by atoms with Crippen LogP contribution in [0.3, 0.4) is 0 Å². The highest BCUT2D eigenvalue weighted by Crippen LogP contribution is 2.47. The molecule has 0 radical (unpaired) electrons. The third-order valence-electron chi connectivity index (χ3n) is 5.47. The van der Waals surface area contributed by atoms with Crippen LogP contribution in [-0.4, -0.2) is 38.3 Å². The van der Waals surface area contributed by atoms with E-state index in [1.54, 1.807) is 6.07 Å². The molecule has 194 valence electrons. The number of aromatic carboxylic acids is 1.